The van der Waals surface area contributed by atoms with Gasteiger partial charge >= 0.3 is 0 Å². The number of nitrogens with zero attached hydrogens (tertiary/aromatic N) is 1. The van der Waals surface area contributed by atoms with Crippen molar-refractivity contribution in [2.45, 2.75) is 25.7 Å². The van der Waals surface area contributed by atoms with E-state index in [1.54, 1.807) is 0 Å². The monoisotopic (exact) mass is 250 g/mol. The van der Waals surface area contributed by atoms with Crippen molar-refractivity contribution in [2.24, 2.45) is 12.8 Å². The topological polar surface area (TPSA) is 30.9 Å². The molecule has 2 N–H and O–H groups in total. The maximum absolute atomic E-state index is 6.26. The van der Waals surface area contributed by atoms with Gasteiger partial charge in [-0.3, -0.25) is 0 Å². The van der Waals surface area contributed by atoms with Gasteiger partial charge < -0.3 is 10.3 Å². The van der Waals surface area contributed by atoms with Crippen LogP contribution in [0.2, 0.25) is 5.02 Å². The largest absolute Gasteiger partial charge is 0.349 e. The molecule has 2 aromatic rings. The Morgan fingerprint density at radius 3 is 2.71 bits per heavy atom. The highest BCUT2D eigenvalue weighted by Gasteiger charge is 2.24. The second kappa shape index (κ2) is 4.35. The minimum Gasteiger partial charge on any atom is -0.349 e. The van der Waals surface area contributed by atoms with Crippen molar-refractivity contribution < 1.29 is 0 Å². The molecule has 0 spiro atoms. The molecule has 0 saturated heterocycles. The average molecular weight is 251 g/mol. The van der Waals surface area contributed by atoms with E-state index < -0.39 is 0 Å². The van der Waals surface area contributed by atoms with Crippen LogP contribution in [0.1, 0.15) is 25.8 Å². The first-order chi connectivity index (χ1) is 7.97. The molecule has 2 nitrogen and oxygen atoms in total. The van der Waals surface area contributed by atoms with Crippen LogP contribution >= 0.6 is 11.6 Å². The molecule has 1 aromatic carbocycles. The van der Waals surface area contributed by atoms with Crippen LogP contribution in [-0.2, 0) is 12.5 Å². The van der Waals surface area contributed by atoms with Gasteiger partial charge in [-0.1, -0.05) is 37.6 Å². The first-order valence-electron chi connectivity index (χ1n) is 5.91. The number of para-hydroxylation sites is 1. The molecule has 0 aliphatic heterocycles. The Labute approximate surface area is 107 Å². The van der Waals surface area contributed by atoms with Crippen molar-refractivity contribution in [3.8, 4) is 0 Å². The fraction of sp³-hybridized carbons (Fsp3) is 0.429. The van der Waals surface area contributed by atoms with Gasteiger partial charge in [0.2, 0.25) is 0 Å². The van der Waals surface area contributed by atoms with Crippen LogP contribution in [0.3, 0.4) is 0 Å². The van der Waals surface area contributed by atoms with Crippen LogP contribution in [-0.4, -0.2) is 11.1 Å². The fourth-order valence-electron chi connectivity index (χ4n) is 2.45. The van der Waals surface area contributed by atoms with E-state index in [0.717, 1.165) is 17.0 Å². The molecule has 0 bridgehead atoms. The molecule has 1 heterocycles. The number of rotatable bonds is 3. The average Bonchev–Trinajstić information content (AvgIpc) is 2.58. The molecule has 2 rings (SSSR count). The van der Waals surface area contributed by atoms with Gasteiger partial charge in [0, 0.05) is 18.6 Å². The van der Waals surface area contributed by atoms with E-state index in [4.69, 9.17) is 17.3 Å². The number of hydrogen-bond acceptors (Lipinski definition) is 1. The summed E-state index contributed by atoms with van der Waals surface area (Å²) in [6, 6.07) is 6.07. The van der Waals surface area contributed by atoms with Gasteiger partial charge in [0.05, 0.1) is 10.5 Å². The number of benzene rings is 1. The zero-order valence-corrected chi connectivity index (χ0v) is 11.4. The van der Waals surface area contributed by atoms with Crippen LogP contribution in [0.25, 0.3) is 10.9 Å². The highest BCUT2D eigenvalue weighted by molar-refractivity contribution is 6.35. The van der Waals surface area contributed by atoms with Gasteiger partial charge in [-0.2, -0.15) is 0 Å². The molecule has 0 aliphatic carbocycles. The molecule has 1 aromatic heterocycles. The summed E-state index contributed by atoms with van der Waals surface area (Å²) in [4.78, 5) is 0. The highest BCUT2D eigenvalue weighted by Crippen LogP contribution is 2.36. The molecule has 0 aliphatic rings. The van der Waals surface area contributed by atoms with E-state index in [0.29, 0.717) is 6.54 Å². The Bertz CT molecular complexity index is 540. The third kappa shape index (κ3) is 2.07. The Morgan fingerprint density at radius 2 is 2.06 bits per heavy atom. The Kier molecular flexibility index (Phi) is 3.19. The zero-order chi connectivity index (χ0) is 12.6. The van der Waals surface area contributed by atoms with Gasteiger partial charge in [0.1, 0.15) is 0 Å². The molecule has 0 saturated carbocycles. The summed E-state index contributed by atoms with van der Waals surface area (Å²) in [7, 11) is 2.04. The quantitative estimate of drug-likeness (QED) is 0.889. The third-order valence-electron chi connectivity index (χ3n) is 3.45. The smallest absolute Gasteiger partial charge is 0.0670 e. The van der Waals surface area contributed by atoms with Crippen molar-refractivity contribution >= 4 is 22.5 Å². The second-order valence-corrected chi connectivity index (χ2v) is 5.62. The standard InChI is InChI=1S/C14H19ClN2/c1-14(2,7-8-16)11-9-17(3)13-10(11)5-4-6-12(13)15/h4-6,9H,7-8,16H2,1-3H3. The molecular weight excluding hydrogens is 232 g/mol. The minimum atomic E-state index is 0.0823. The van der Waals surface area contributed by atoms with Crippen molar-refractivity contribution in [3.63, 3.8) is 0 Å². The highest BCUT2D eigenvalue weighted by atomic mass is 35.5. The first kappa shape index (κ1) is 12.5. The molecule has 0 radical (unpaired) electrons. The predicted molar refractivity (Wildman–Crippen MR) is 74.6 cm³/mol. The summed E-state index contributed by atoms with van der Waals surface area (Å²) in [5.74, 6) is 0. The number of nitrogens with two attached hydrogens (primary N) is 1. The van der Waals surface area contributed by atoms with Crippen LogP contribution < -0.4 is 5.73 Å². The van der Waals surface area contributed by atoms with Gasteiger partial charge in [-0.05, 0) is 30.0 Å². The lowest BCUT2D eigenvalue weighted by Gasteiger charge is -2.23. The number of halogens is 1. The molecule has 0 atom stereocenters. The maximum Gasteiger partial charge on any atom is 0.0670 e. The minimum absolute atomic E-state index is 0.0823. The number of fused-ring (bicyclic) bond motifs is 1. The van der Waals surface area contributed by atoms with Gasteiger partial charge in [-0.25, -0.2) is 0 Å². The number of aromatic nitrogens is 1. The normalized spacial score (nSPS) is 12.3. The van der Waals surface area contributed by atoms with Crippen LogP contribution in [0, 0.1) is 0 Å². The third-order valence-corrected chi connectivity index (χ3v) is 3.76. The van der Waals surface area contributed by atoms with Crippen LogP contribution in [0.15, 0.2) is 24.4 Å². The second-order valence-electron chi connectivity index (χ2n) is 5.21. The molecule has 0 unspecified atom stereocenters. The fourth-order valence-corrected chi connectivity index (χ4v) is 2.76. The molecule has 0 fully saturated rings. The summed E-state index contributed by atoms with van der Waals surface area (Å²) in [5, 5.41) is 2.04. The Morgan fingerprint density at radius 1 is 1.35 bits per heavy atom. The lowest BCUT2D eigenvalue weighted by Crippen LogP contribution is -2.21. The lowest BCUT2D eigenvalue weighted by atomic mass is 9.81. The van der Waals surface area contributed by atoms with E-state index in [1.807, 2.05) is 19.2 Å². The Balaban J connectivity index is 2.68. The summed E-state index contributed by atoms with van der Waals surface area (Å²) >= 11 is 6.26. The van der Waals surface area contributed by atoms with E-state index in [1.165, 1.54) is 10.9 Å². The van der Waals surface area contributed by atoms with E-state index in [-0.39, 0.29) is 5.41 Å². The number of hydrogen-bond donors (Lipinski definition) is 1. The van der Waals surface area contributed by atoms with Gasteiger partial charge in [0.15, 0.2) is 0 Å². The van der Waals surface area contributed by atoms with Crippen LogP contribution in [0.5, 0.6) is 0 Å². The van der Waals surface area contributed by atoms with Crippen molar-refractivity contribution in [3.05, 3.63) is 35.0 Å². The van der Waals surface area contributed by atoms with Crippen molar-refractivity contribution in [2.75, 3.05) is 6.54 Å². The van der Waals surface area contributed by atoms with E-state index >= 15 is 0 Å². The molecule has 0 amide bonds. The summed E-state index contributed by atoms with van der Waals surface area (Å²) in [5.41, 5.74) is 8.21. The predicted octanol–water partition coefficient (Wildman–Crippen LogP) is 3.46. The summed E-state index contributed by atoms with van der Waals surface area (Å²) in [6.07, 6.45) is 3.14. The first-order valence-corrected chi connectivity index (χ1v) is 6.29. The molecule has 17 heavy (non-hydrogen) atoms. The summed E-state index contributed by atoms with van der Waals surface area (Å²) in [6.45, 7) is 5.16. The lowest BCUT2D eigenvalue weighted by molar-refractivity contribution is 0.490. The Hall–Kier alpha value is -0.990. The number of aryl methyl sites for hydroxylation is 1. The van der Waals surface area contributed by atoms with Crippen molar-refractivity contribution in [1.82, 2.24) is 4.57 Å². The maximum atomic E-state index is 6.26. The van der Waals surface area contributed by atoms with E-state index in [2.05, 4.69) is 30.7 Å². The van der Waals surface area contributed by atoms with Gasteiger partial charge in [0.25, 0.3) is 0 Å². The molecule has 3 heteroatoms. The zero-order valence-electron chi connectivity index (χ0n) is 10.6. The SMILES string of the molecule is Cn1cc(C(C)(C)CCN)c2cccc(Cl)c21. The van der Waals surface area contributed by atoms with Crippen molar-refractivity contribution in [1.29, 1.82) is 0 Å². The van der Waals surface area contributed by atoms with Crippen LogP contribution in [0.4, 0.5) is 0 Å². The molecule has 92 valence electrons. The summed E-state index contributed by atoms with van der Waals surface area (Å²) < 4.78 is 2.10. The van der Waals surface area contributed by atoms with Gasteiger partial charge in [-0.15, -0.1) is 0 Å². The van der Waals surface area contributed by atoms with E-state index in [9.17, 15) is 0 Å². The molecular formula is C14H19ClN2.